The number of hydrogen-bond donors (Lipinski definition) is 2. The number of para-hydroxylation sites is 1. The van der Waals surface area contributed by atoms with Gasteiger partial charge in [-0.2, -0.15) is 0 Å². The monoisotopic (exact) mass is 390 g/mol. The summed E-state index contributed by atoms with van der Waals surface area (Å²) < 4.78 is 28.1. The first-order valence-electron chi connectivity index (χ1n) is 9.01. The predicted octanol–water partition coefficient (Wildman–Crippen LogP) is 3.34. The molecule has 3 rings (SSSR count). The molecule has 0 fully saturated rings. The second kappa shape index (κ2) is 7.92. The Hall–Kier alpha value is -2.03. The summed E-state index contributed by atoms with van der Waals surface area (Å²) in [6, 6.07) is 7.86. The Morgan fingerprint density at radius 3 is 2.74 bits per heavy atom. The van der Waals surface area contributed by atoms with Crippen molar-refractivity contribution in [2.75, 3.05) is 18.1 Å². The summed E-state index contributed by atoms with van der Waals surface area (Å²) in [5.74, 6) is 1.43. The summed E-state index contributed by atoms with van der Waals surface area (Å²) in [5.41, 5.74) is 8.42. The van der Waals surface area contributed by atoms with Gasteiger partial charge >= 0.3 is 0 Å². The number of pyridine rings is 1. The summed E-state index contributed by atoms with van der Waals surface area (Å²) >= 11 is -1.80. The lowest BCUT2D eigenvalue weighted by Gasteiger charge is -2.26. The van der Waals surface area contributed by atoms with Crippen molar-refractivity contribution >= 4 is 38.8 Å². The second-order valence-electron chi connectivity index (χ2n) is 7.40. The van der Waals surface area contributed by atoms with E-state index in [0.29, 0.717) is 37.5 Å². The maximum absolute atomic E-state index is 11.1. The zero-order valence-electron chi connectivity index (χ0n) is 15.9. The van der Waals surface area contributed by atoms with Crippen LogP contribution in [-0.4, -0.2) is 35.7 Å². The van der Waals surface area contributed by atoms with Gasteiger partial charge in [0.25, 0.3) is 0 Å². The molecule has 2 heterocycles. The van der Waals surface area contributed by atoms with Gasteiger partial charge in [-0.05, 0) is 24.8 Å². The normalized spacial score (nSPS) is 13.5. The van der Waals surface area contributed by atoms with E-state index >= 15 is 0 Å². The largest absolute Gasteiger partial charge is 0.382 e. The van der Waals surface area contributed by atoms with Crippen molar-refractivity contribution in [2.45, 2.75) is 40.3 Å². The molecule has 0 saturated carbocycles. The van der Waals surface area contributed by atoms with Crippen molar-refractivity contribution in [3.8, 4) is 0 Å². The fourth-order valence-corrected chi connectivity index (χ4v) is 3.98. The van der Waals surface area contributed by atoms with E-state index in [2.05, 4.69) is 23.4 Å². The molecule has 146 valence electrons. The number of hydrogen-bond acceptors (Lipinski definition) is 5. The molecule has 0 spiro atoms. The smallest absolute Gasteiger partial charge is 0.152 e. The summed E-state index contributed by atoms with van der Waals surface area (Å²) in [7, 11) is 0. The third-order valence-corrected chi connectivity index (χ3v) is 5.22. The van der Waals surface area contributed by atoms with Crippen LogP contribution in [0.4, 0.5) is 5.82 Å². The van der Waals surface area contributed by atoms with Gasteiger partial charge in [-0.3, -0.25) is 0 Å². The van der Waals surface area contributed by atoms with Crippen LogP contribution in [0.15, 0.2) is 24.3 Å². The third kappa shape index (κ3) is 4.28. The number of nitrogen functional groups attached to an aromatic ring is 1. The number of imidazole rings is 1. The van der Waals surface area contributed by atoms with Crippen LogP contribution >= 0.6 is 0 Å². The number of fused-ring (bicyclic) bond motifs is 3. The van der Waals surface area contributed by atoms with E-state index in [0.717, 1.165) is 22.2 Å². The molecule has 0 aliphatic rings. The molecule has 0 aliphatic heterocycles. The Morgan fingerprint density at radius 2 is 2.04 bits per heavy atom. The zero-order chi connectivity index (χ0) is 19.6. The Balaban J connectivity index is 2.16. The Morgan fingerprint density at radius 1 is 1.30 bits per heavy atom. The van der Waals surface area contributed by atoms with Gasteiger partial charge in [-0.1, -0.05) is 32.0 Å². The van der Waals surface area contributed by atoms with Gasteiger partial charge < -0.3 is 19.6 Å². The summed E-state index contributed by atoms with van der Waals surface area (Å²) in [5, 5.41) is 0.985. The first-order chi connectivity index (χ1) is 12.8. The molecule has 0 bridgehead atoms. The van der Waals surface area contributed by atoms with Crippen LogP contribution in [0, 0.1) is 5.41 Å². The highest BCUT2D eigenvalue weighted by Gasteiger charge is 2.25. The standard InChI is InChI=1S/C19H26N4O3S/c1-4-26-11-15-22-16-17(13-7-5-6-8-14(13)21-18(16)20)23(15)12-19(2,3)9-10-27(24)25/h5-8H,4,9-12H2,1-3H3,(H2,20,21)(H,24,25). The van der Waals surface area contributed by atoms with Gasteiger partial charge in [-0.25, -0.2) is 14.2 Å². The third-order valence-electron chi connectivity index (χ3n) is 4.66. The van der Waals surface area contributed by atoms with Crippen LogP contribution in [0.25, 0.3) is 21.9 Å². The molecule has 1 aromatic carbocycles. The van der Waals surface area contributed by atoms with E-state index in [9.17, 15) is 8.76 Å². The molecule has 0 amide bonds. The molecular weight excluding hydrogens is 364 g/mol. The maximum atomic E-state index is 11.1. The fourth-order valence-electron chi connectivity index (χ4n) is 3.25. The van der Waals surface area contributed by atoms with E-state index in [4.69, 9.17) is 15.5 Å². The van der Waals surface area contributed by atoms with Crippen LogP contribution in [0.3, 0.4) is 0 Å². The van der Waals surface area contributed by atoms with Crippen LogP contribution in [0.1, 0.15) is 33.0 Å². The van der Waals surface area contributed by atoms with Crippen LogP contribution < -0.4 is 5.73 Å². The molecule has 0 aliphatic carbocycles. The molecule has 8 heteroatoms. The van der Waals surface area contributed by atoms with Gasteiger partial charge in [0, 0.05) is 24.3 Å². The van der Waals surface area contributed by atoms with Crippen molar-refractivity contribution in [3.63, 3.8) is 0 Å². The molecule has 0 saturated heterocycles. The lowest BCUT2D eigenvalue weighted by Crippen LogP contribution is -2.23. The van der Waals surface area contributed by atoms with Crippen molar-refractivity contribution in [1.82, 2.24) is 14.5 Å². The summed E-state index contributed by atoms with van der Waals surface area (Å²) in [4.78, 5) is 9.20. The van der Waals surface area contributed by atoms with Gasteiger partial charge in [-0.15, -0.1) is 0 Å². The number of ether oxygens (including phenoxy) is 1. The minimum Gasteiger partial charge on any atom is -0.382 e. The molecule has 7 nitrogen and oxygen atoms in total. The summed E-state index contributed by atoms with van der Waals surface area (Å²) in [6.45, 7) is 7.71. The van der Waals surface area contributed by atoms with Crippen molar-refractivity contribution in [1.29, 1.82) is 0 Å². The highest BCUT2D eigenvalue weighted by atomic mass is 32.2. The second-order valence-corrected chi connectivity index (χ2v) is 8.45. The zero-order valence-corrected chi connectivity index (χ0v) is 16.8. The average molecular weight is 391 g/mol. The Kier molecular flexibility index (Phi) is 5.78. The molecule has 3 N–H and O–H groups in total. The number of anilines is 1. The van der Waals surface area contributed by atoms with E-state index in [-0.39, 0.29) is 11.2 Å². The fraction of sp³-hybridized carbons (Fsp3) is 0.474. The summed E-state index contributed by atoms with van der Waals surface area (Å²) in [6.07, 6.45) is 0.613. The molecule has 27 heavy (non-hydrogen) atoms. The topological polar surface area (TPSA) is 103 Å². The predicted molar refractivity (Wildman–Crippen MR) is 109 cm³/mol. The Bertz CT molecular complexity index is 984. The molecular formula is C19H26N4O3S. The lowest BCUT2D eigenvalue weighted by molar-refractivity contribution is 0.123. The molecule has 1 unspecified atom stereocenters. The number of benzene rings is 1. The van der Waals surface area contributed by atoms with Gasteiger partial charge in [0.1, 0.15) is 17.9 Å². The molecule has 0 radical (unpaired) electrons. The van der Waals surface area contributed by atoms with Crippen molar-refractivity contribution in [3.05, 3.63) is 30.1 Å². The number of aromatic nitrogens is 3. The van der Waals surface area contributed by atoms with Crippen LogP contribution in [-0.2, 0) is 29.0 Å². The highest BCUT2D eigenvalue weighted by Crippen LogP contribution is 2.32. The Labute approximate surface area is 161 Å². The molecule has 1 atom stereocenters. The van der Waals surface area contributed by atoms with Crippen molar-refractivity contribution < 1.29 is 13.5 Å². The first-order valence-corrected chi connectivity index (χ1v) is 10.3. The lowest BCUT2D eigenvalue weighted by atomic mass is 9.90. The van der Waals surface area contributed by atoms with Gasteiger partial charge in [0.2, 0.25) is 0 Å². The van der Waals surface area contributed by atoms with Gasteiger partial charge in [0.15, 0.2) is 16.9 Å². The van der Waals surface area contributed by atoms with E-state index in [1.54, 1.807) is 0 Å². The average Bonchev–Trinajstić information content (AvgIpc) is 2.97. The maximum Gasteiger partial charge on any atom is 0.152 e. The minimum atomic E-state index is -1.80. The van der Waals surface area contributed by atoms with E-state index < -0.39 is 11.1 Å². The van der Waals surface area contributed by atoms with Crippen molar-refractivity contribution in [2.24, 2.45) is 5.41 Å². The quantitative estimate of drug-likeness (QED) is 0.572. The SMILES string of the molecule is CCOCc1nc2c(N)nc3ccccc3c2n1CC(C)(C)CCS(=O)O. The number of nitrogens with zero attached hydrogens (tertiary/aromatic N) is 3. The van der Waals surface area contributed by atoms with Gasteiger partial charge in [0.05, 0.1) is 11.0 Å². The highest BCUT2D eigenvalue weighted by molar-refractivity contribution is 7.79. The number of nitrogens with two attached hydrogens (primary N) is 1. The van der Waals surface area contributed by atoms with E-state index in [1.165, 1.54) is 0 Å². The number of rotatable bonds is 8. The van der Waals surface area contributed by atoms with Crippen LogP contribution in [0.5, 0.6) is 0 Å². The molecule has 2 aromatic heterocycles. The first kappa shape index (κ1) is 19.7. The van der Waals surface area contributed by atoms with Crippen LogP contribution in [0.2, 0.25) is 0 Å². The molecule has 3 aromatic rings. The minimum absolute atomic E-state index is 0.202. The van der Waals surface area contributed by atoms with E-state index in [1.807, 2.05) is 31.2 Å².